The van der Waals surface area contributed by atoms with E-state index >= 15 is 0 Å². The van der Waals surface area contributed by atoms with E-state index in [1.807, 2.05) is 0 Å². The Morgan fingerprint density at radius 1 is 1.42 bits per heavy atom. The van der Waals surface area contributed by atoms with Gasteiger partial charge in [-0.25, -0.2) is 12.8 Å². The second-order valence-corrected chi connectivity index (χ2v) is 8.01. The van der Waals surface area contributed by atoms with Crippen molar-refractivity contribution in [3.05, 3.63) is 34.1 Å². The van der Waals surface area contributed by atoms with Crippen molar-refractivity contribution >= 4 is 31.6 Å². The fraction of sp³-hybridized carbons (Fsp3) is 0.462. The summed E-state index contributed by atoms with van der Waals surface area (Å²) in [7, 11) is -2.95. The van der Waals surface area contributed by atoms with E-state index in [-0.39, 0.29) is 41.9 Å². The number of hydrogen-bond donors (Lipinski definition) is 0. The molecule has 1 saturated heterocycles. The molecule has 1 aliphatic rings. The molecule has 0 amide bonds. The number of Topliss-reactive ketones (excluding diaryl/α,β-unsaturated/α-hetero) is 1. The van der Waals surface area contributed by atoms with Crippen LogP contribution in [0.5, 0.6) is 0 Å². The van der Waals surface area contributed by atoms with Gasteiger partial charge in [0.05, 0.1) is 11.5 Å². The van der Waals surface area contributed by atoms with Crippen molar-refractivity contribution in [1.29, 1.82) is 0 Å². The summed E-state index contributed by atoms with van der Waals surface area (Å²) in [5.74, 6) is -0.231. The van der Waals surface area contributed by atoms with Gasteiger partial charge >= 0.3 is 0 Å². The molecule has 104 valence electrons. The molecule has 0 aromatic heterocycles. The van der Waals surface area contributed by atoms with Crippen LogP contribution in [0.3, 0.4) is 0 Å². The number of carbonyl (C=O) groups is 1. The van der Waals surface area contributed by atoms with E-state index in [1.54, 1.807) is 6.07 Å². The summed E-state index contributed by atoms with van der Waals surface area (Å²) >= 11 is 3.27. The van der Waals surface area contributed by atoms with Crippen LogP contribution in [0, 0.1) is 11.7 Å². The fourth-order valence-electron chi connectivity index (χ4n) is 2.32. The minimum absolute atomic E-state index is 0.0478. The maximum atomic E-state index is 13.1. The topological polar surface area (TPSA) is 51.2 Å². The van der Waals surface area contributed by atoms with E-state index in [2.05, 4.69) is 15.9 Å². The lowest BCUT2D eigenvalue weighted by Crippen LogP contribution is -2.12. The standard InChI is InChI=1S/C13H14BrFO3S/c14-13-2-1-11(15)6-10(13)7-12(16)5-9-3-4-19(17,18)8-9/h1-2,6,9H,3-5,7-8H2. The number of carbonyl (C=O) groups excluding carboxylic acids is 1. The quantitative estimate of drug-likeness (QED) is 0.839. The third kappa shape index (κ3) is 4.11. The lowest BCUT2D eigenvalue weighted by molar-refractivity contribution is -0.119. The SMILES string of the molecule is O=C(Cc1cc(F)ccc1Br)CC1CCS(=O)(=O)C1. The normalized spacial score (nSPS) is 21.5. The van der Waals surface area contributed by atoms with Gasteiger partial charge in [-0.1, -0.05) is 15.9 Å². The molecular weight excluding hydrogens is 335 g/mol. The molecule has 0 N–H and O–H groups in total. The first-order valence-corrected chi connectivity index (χ1v) is 8.63. The second kappa shape index (κ2) is 5.71. The first kappa shape index (κ1) is 14.7. The Kier molecular flexibility index (Phi) is 4.40. The van der Waals surface area contributed by atoms with Gasteiger partial charge in [-0.15, -0.1) is 0 Å². The maximum Gasteiger partial charge on any atom is 0.150 e. The minimum atomic E-state index is -2.95. The Morgan fingerprint density at radius 2 is 2.16 bits per heavy atom. The van der Waals surface area contributed by atoms with Gasteiger partial charge in [0.2, 0.25) is 0 Å². The van der Waals surface area contributed by atoms with E-state index in [0.29, 0.717) is 16.5 Å². The predicted molar refractivity (Wildman–Crippen MR) is 74.2 cm³/mol. The van der Waals surface area contributed by atoms with Crippen LogP contribution < -0.4 is 0 Å². The van der Waals surface area contributed by atoms with Crippen molar-refractivity contribution in [1.82, 2.24) is 0 Å². The summed E-state index contributed by atoms with van der Waals surface area (Å²) in [5, 5.41) is 0. The van der Waals surface area contributed by atoms with Crippen molar-refractivity contribution < 1.29 is 17.6 Å². The minimum Gasteiger partial charge on any atom is -0.299 e. The molecule has 1 heterocycles. The molecule has 1 atom stereocenters. The molecule has 0 aliphatic carbocycles. The largest absolute Gasteiger partial charge is 0.299 e. The monoisotopic (exact) mass is 348 g/mol. The predicted octanol–water partition coefficient (Wildman–Crippen LogP) is 2.52. The molecule has 0 bridgehead atoms. The van der Waals surface area contributed by atoms with Crippen LogP contribution in [0.4, 0.5) is 4.39 Å². The Hall–Kier alpha value is -0.750. The third-order valence-electron chi connectivity index (χ3n) is 3.24. The molecule has 1 aromatic carbocycles. The summed E-state index contributed by atoms with van der Waals surface area (Å²) in [4.78, 5) is 11.9. The molecule has 6 heteroatoms. The van der Waals surface area contributed by atoms with Gasteiger partial charge in [0.25, 0.3) is 0 Å². The van der Waals surface area contributed by atoms with Gasteiger partial charge in [-0.3, -0.25) is 4.79 Å². The second-order valence-electron chi connectivity index (χ2n) is 4.92. The average Bonchev–Trinajstić information content (AvgIpc) is 2.63. The van der Waals surface area contributed by atoms with Crippen molar-refractivity contribution in [2.75, 3.05) is 11.5 Å². The third-order valence-corrected chi connectivity index (χ3v) is 5.85. The van der Waals surface area contributed by atoms with E-state index in [0.717, 1.165) is 0 Å². The highest BCUT2D eigenvalue weighted by molar-refractivity contribution is 9.10. The molecule has 1 unspecified atom stereocenters. The average molecular weight is 349 g/mol. The molecule has 1 aliphatic heterocycles. The Morgan fingerprint density at radius 3 is 2.79 bits per heavy atom. The summed E-state index contributed by atoms with van der Waals surface area (Å²) in [6.45, 7) is 0. The number of ketones is 1. The van der Waals surface area contributed by atoms with Crippen LogP contribution >= 0.6 is 15.9 Å². The number of rotatable bonds is 4. The van der Waals surface area contributed by atoms with Crippen molar-refractivity contribution in [2.24, 2.45) is 5.92 Å². The Balaban J connectivity index is 1.97. The zero-order valence-electron chi connectivity index (χ0n) is 10.2. The number of halogens is 2. The molecule has 3 nitrogen and oxygen atoms in total. The Bertz CT molecular complexity index is 598. The number of sulfone groups is 1. The summed E-state index contributed by atoms with van der Waals surface area (Å²) in [5.41, 5.74) is 0.603. The van der Waals surface area contributed by atoms with Gasteiger partial charge < -0.3 is 0 Å². The van der Waals surface area contributed by atoms with Crippen LogP contribution in [0.1, 0.15) is 18.4 Å². The van der Waals surface area contributed by atoms with E-state index < -0.39 is 9.84 Å². The zero-order chi connectivity index (χ0) is 14.0. The lowest BCUT2D eigenvalue weighted by atomic mass is 9.98. The van der Waals surface area contributed by atoms with Crippen LogP contribution in [-0.2, 0) is 21.1 Å². The molecule has 0 spiro atoms. The summed E-state index contributed by atoms with van der Waals surface area (Å²) < 4.78 is 36.4. The highest BCUT2D eigenvalue weighted by Crippen LogP contribution is 2.24. The van der Waals surface area contributed by atoms with Gasteiger partial charge in [0, 0.05) is 17.3 Å². The first-order valence-electron chi connectivity index (χ1n) is 6.02. The number of benzene rings is 1. The fourth-order valence-corrected chi connectivity index (χ4v) is 4.57. The van der Waals surface area contributed by atoms with Gasteiger partial charge in [-0.2, -0.15) is 0 Å². The van der Waals surface area contributed by atoms with Crippen LogP contribution in [0.2, 0.25) is 0 Å². The highest BCUT2D eigenvalue weighted by atomic mass is 79.9. The van der Waals surface area contributed by atoms with Crippen molar-refractivity contribution in [3.8, 4) is 0 Å². The maximum absolute atomic E-state index is 13.1. The molecule has 2 rings (SSSR count). The Labute approximate surface area is 120 Å². The summed E-state index contributed by atoms with van der Waals surface area (Å²) in [6.07, 6.45) is 0.940. The molecular formula is C13H14BrFO3S. The van der Waals surface area contributed by atoms with Crippen molar-refractivity contribution in [3.63, 3.8) is 0 Å². The molecule has 19 heavy (non-hydrogen) atoms. The van der Waals surface area contributed by atoms with Gasteiger partial charge in [-0.05, 0) is 36.1 Å². The summed E-state index contributed by atoms with van der Waals surface area (Å²) in [6, 6.07) is 4.22. The first-order chi connectivity index (χ1) is 8.85. The van der Waals surface area contributed by atoms with Gasteiger partial charge in [0.15, 0.2) is 9.84 Å². The molecule has 1 fully saturated rings. The van der Waals surface area contributed by atoms with Crippen LogP contribution in [0.25, 0.3) is 0 Å². The number of hydrogen-bond acceptors (Lipinski definition) is 3. The van der Waals surface area contributed by atoms with Crippen LogP contribution in [0.15, 0.2) is 22.7 Å². The lowest BCUT2D eigenvalue weighted by Gasteiger charge is -2.08. The van der Waals surface area contributed by atoms with E-state index in [9.17, 15) is 17.6 Å². The van der Waals surface area contributed by atoms with E-state index in [1.165, 1.54) is 12.1 Å². The smallest absolute Gasteiger partial charge is 0.150 e. The van der Waals surface area contributed by atoms with E-state index in [4.69, 9.17) is 0 Å². The molecule has 0 saturated carbocycles. The zero-order valence-corrected chi connectivity index (χ0v) is 12.6. The van der Waals surface area contributed by atoms with Gasteiger partial charge in [0.1, 0.15) is 11.6 Å². The van der Waals surface area contributed by atoms with Crippen molar-refractivity contribution in [2.45, 2.75) is 19.3 Å². The highest BCUT2D eigenvalue weighted by Gasteiger charge is 2.29. The van der Waals surface area contributed by atoms with Crippen LogP contribution in [-0.4, -0.2) is 25.7 Å². The molecule has 0 radical (unpaired) electrons. The molecule has 1 aromatic rings.